The number of benzene rings is 3. The fourth-order valence-electron chi connectivity index (χ4n) is 3.35. The van der Waals surface area contributed by atoms with Gasteiger partial charge < -0.3 is 0 Å². The van der Waals surface area contributed by atoms with Crippen LogP contribution < -0.4 is 5.56 Å². The molecule has 2 heterocycles. The van der Waals surface area contributed by atoms with E-state index in [2.05, 4.69) is 15.3 Å². The summed E-state index contributed by atoms with van der Waals surface area (Å²) in [5.74, 6) is -0.611. The molecule has 0 spiro atoms. The minimum Gasteiger partial charge on any atom is -0.266 e. The lowest BCUT2D eigenvalue weighted by Crippen LogP contribution is -2.27. The van der Waals surface area contributed by atoms with Gasteiger partial charge in [0.2, 0.25) is 15.0 Å². The molecule has 0 amide bonds. The lowest BCUT2D eigenvalue weighted by atomic mass is 10.3. The lowest BCUT2D eigenvalue weighted by Gasteiger charge is -2.13. The van der Waals surface area contributed by atoms with E-state index in [1.54, 1.807) is 36.4 Å². The molecule has 170 valence electrons. The van der Waals surface area contributed by atoms with E-state index in [1.807, 2.05) is 0 Å². The van der Waals surface area contributed by atoms with Crippen LogP contribution in [0, 0.1) is 5.82 Å². The number of nitrogens with zero attached hydrogens (tertiary/aromatic N) is 5. The maximum absolute atomic E-state index is 13.6. The smallest absolute Gasteiger partial charge is 0.266 e. The molecule has 5 aromatic rings. The van der Waals surface area contributed by atoms with Crippen LogP contribution in [0.4, 0.5) is 4.39 Å². The monoisotopic (exact) mass is 515 g/mol. The Morgan fingerprint density at radius 3 is 2.24 bits per heavy atom. The first-order valence-corrected chi connectivity index (χ1v) is 11.9. The van der Waals surface area contributed by atoms with Gasteiger partial charge in [-0.15, -0.1) is 5.10 Å². The summed E-state index contributed by atoms with van der Waals surface area (Å²) in [4.78, 5) is 17.6. The van der Waals surface area contributed by atoms with Gasteiger partial charge in [-0.25, -0.2) is 17.4 Å². The van der Waals surface area contributed by atoms with E-state index in [1.165, 1.54) is 16.8 Å². The standard InChI is InChI=1S/C22H12Cl2FN5O3S/c23-13-4-8-16(9-5-13)30-20-19(27-28-30)21(31)29(17-3-1-2-14(24)12-17)22(26-20)34(32,33)18-10-6-15(25)7-11-18/h1-12H. The van der Waals surface area contributed by atoms with Crippen molar-refractivity contribution in [3.63, 3.8) is 0 Å². The van der Waals surface area contributed by atoms with Crippen LogP contribution in [-0.4, -0.2) is 33.0 Å². The van der Waals surface area contributed by atoms with Crippen LogP contribution in [0.2, 0.25) is 10.0 Å². The van der Waals surface area contributed by atoms with Crippen LogP contribution in [0.5, 0.6) is 0 Å². The second kappa shape index (κ2) is 8.32. The summed E-state index contributed by atoms with van der Waals surface area (Å²) < 4.78 is 42.8. The van der Waals surface area contributed by atoms with Crippen LogP contribution in [0.15, 0.2) is 87.6 Å². The van der Waals surface area contributed by atoms with E-state index in [0.717, 1.165) is 28.8 Å². The number of rotatable bonds is 4. The molecular formula is C22H12Cl2FN5O3S. The average molecular weight is 516 g/mol. The number of hydrogen-bond donors (Lipinski definition) is 0. The zero-order valence-corrected chi connectivity index (χ0v) is 19.3. The van der Waals surface area contributed by atoms with Gasteiger partial charge in [0.15, 0.2) is 11.2 Å². The highest BCUT2D eigenvalue weighted by Crippen LogP contribution is 2.25. The molecule has 2 aromatic heterocycles. The topological polar surface area (TPSA) is 99.7 Å². The second-order valence-corrected chi connectivity index (χ2v) is 9.84. The average Bonchev–Trinajstić information content (AvgIpc) is 3.24. The Morgan fingerprint density at radius 2 is 1.56 bits per heavy atom. The Morgan fingerprint density at radius 1 is 0.853 bits per heavy atom. The van der Waals surface area contributed by atoms with Crippen molar-refractivity contribution in [3.05, 3.63) is 99.0 Å². The molecule has 0 aliphatic rings. The van der Waals surface area contributed by atoms with Crippen LogP contribution >= 0.6 is 23.2 Å². The SMILES string of the molecule is O=c1c2nnn(-c3ccc(Cl)cc3)c2nc(S(=O)(=O)c2ccc(F)cc2)n1-c1cccc(Cl)c1. The molecule has 5 rings (SSSR count). The van der Waals surface area contributed by atoms with Crippen LogP contribution in [-0.2, 0) is 9.84 Å². The van der Waals surface area contributed by atoms with Gasteiger partial charge in [0, 0.05) is 10.0 Å². The van der Waals surface area contributed by atoms with Crippen molar-refractivity contribution in [3.8, 4) is 11.4 Å². The van der Waals surface area contributed by atoms with Gasteiger partial charge in [-0.05, 0) is 66.7 Å². The second-order valence-electron chi connectivity index (χ2n) is 7.12. The molecule has 0 saturated heterocycles. The van der Waals surface area contributed by atoms with Crippen LogP contribution in [0.25, 0.3) is 22.5 Å². The van der Waals surface area contributed by atoms with Gasteiger partial charge >= 0.3 is 0 Å². The number of aromatic nitrogens is 5. The third-order valence-corrected chi connectivity index (χ3v) is 7.08. The fourth-order valence-corrected chi connectivity index (χ4v) is 5.00. The largest absolute Gasteiger partial charge is 0.289 e. The molecular weight excluding hydrogens is 504 g/mol. The number of halogens is 3. The summed E-state index contributed by atoms with van der Waals surface area (Å²) >= 11 is 12.0. The van der Waals surface area contributed by atoms with Gasteiger partial charge in [-0.2, -0.15) is 9.67 Å². The van der Waals surface area contributed by atoms with Crippen molar-refractivity contribution in [2.75, 3.05) is 0 Å². The zero-order chi connectivity index (χ0) is 24.0. The lowest BCUT2D eigenvalue weighted by molar-refractivity contribution is 0.579. The van der Waals surface area contributed by atoms with E-state index in [9.17, 15) is 17.6 Å². The van der Waals surface area contributed by atoms with Crippen molar-refractivity contribution < 1.29 is 12.8 Å². The number of sulfone groups is 1. The van der Waals surface area contributed by atoms with Gasteiger partial charge in [0.1, 0.15) is 5.82 Å². The number of fused-ring (bicyclic) bond motifs is 1. The summed E-state index contributed by atoms with van der Waals surface area (Å²) in [6.45, 7) is 0. The highest BCUT2D eigenvalue weighted by Gasteiger charge is 2.29. The molecule has 8 nitrogen and oxygen atoms in total. The molecule has 0 atom stereocenters. The van der Waals surface area contributed by atoms with Crippen molar-refractivity contribution in [1.82, 2.24) is 24.5 Å². The predicted molar refractivity (Wildman–Crippen MR) is 124 cm³/mol. The number of hydrogen-bond acceptors (Lipinski definition) is 6. The first-order valence-electron chi connectivity index (χ1n) is 9.67. The van der Waals surface area contributed by atoms with E-state index in [-0.39, 0.29) is 26.8 Å². The fraction of sp³-hybridized carbons (Fsp3) is 0. The molecule has 0 aliphatic carbocycles. The van der Waals surface area contributed by atoms with Crippen LogP contribution in [0.3, 0.4) is 0 Å². The van der Waals surface area contributed by atoms with Gasteiger partial charge in [-0.3, -0.25) is 4.79 Å². The van der Waals surface area contributed by atoms with E-state index < -0.39 is 26.4 Å². The summed E-state index contributed by atoms with van der Waals surface area (Å²) in [5.41, 5.74) is -0.384. The third-order valence-electron chi connectivity index (χ3n) is 4.95. The molecule has 0 fully saturated rings. The molecule has 0 bridgehead atoms. The normalized spacial score (nSPS) is 11.7. The maximum Gasteiger partial charge on any atom is 0.289 e. The van der Waals surface area contributed by atoms with Gasteiger partial charge in [0.05, 0.1) is 16.3 Å². The minimum atomic E-state index is -4.39. The summed E-state index contributed by atoms with van der Waals surface area (Å²) in [6, 6.07) is 16.7. The summed E-state index contributed by atoms with van der Waals surface area (Å²) in [5, 5.41) is 8.09. The molecule has 3 aromatic carbocycles. The first kappa shape index (κ1) is 22.2. The predicted octanol–water partition coefficient (Wildman–Crippen LogP) is 4.25. The Balaban J connectivity index is 1.86. The summed E-state index contributed by atoms with van der Waals surface area (Å²) in [6.07, 6.45) is 0. The van der Waals surface area contributed by atoms with Crippen LogP contribution in [0.1, 0.15) is 0 Å². The van der Waals surface area contributed by atoms with E-state index in [4.69, 9.17) is 23.2 Å². The van der Waals surface area contributed by atoms with Crippen molar-refractivity contribution >= 4 is 44.2 Å². The van der Waals surface area contributed by atoms with E-state index in [0.29, 0.717) is 10.7 Å². The molecule has 0 radical (unpaired) electrons. The minimum absolute atomic E-state index is 0.0775. The van der Waals surface area contributed by atoms with Crippen molar-refractivity contribution in [1.29, 1.82) is 0 Å². The van der Waals surface area contributed by atoms with Gasteiger partial charge in [0.25, 0.3) is 5.56 Å². The van der Waals surface area contributed by atoms with Crippen molar-refractivity contribution in [2.24, 2.45) is 0 Å². The Labute approximate surface area is 201 Å². The Hall–Kier alpha value is -3.60. The molecule has 0 unspecified atom stereocenters. The molecule has 0 saturated carbocycles. The maximum atomic E-state index is 13.6. The van der Waals surface area contributed by atoms with E-state index >= 15 is 0 Å². The molecule has 34 heavy (non-hydrogen) atoms. The Bertz CT molecular complexity index is 1720. The quantitative estimate of drug-likeness (QED) is 0.262. The molecule has 0 N–H and O–H groups in total. The van der Waals surface area contributed by atoms with Gasteiger partial charge in [-0.1, -0.05) is 34.5 Å². The van der Waals surface area contributed by atoms with Crippen molar-refractivity contribution in [2.45, 2.75) is 10.1 Å². The molecule has 0 aliphatic heterocycles. The third kappa shape index (κ3) is 3.75. The highest BCUT2D eigenvalue weighted by atomic mass is 35.5. The first-order chi connectivity index (χ1) is 16.3. The Kier molecular flexibility index (Phi) is 5.43. The highest BCUT2D eigenvalue weighted by molar-refractivity contribution is 7.91. The zero-order valence-electron chi connectivity index (χ0n) is 16.9. The molecule has 12 heteroatoms. The summed E-state index contributed by atoms with van der Waals surface area (Å²) in [7, 11) is -4.39.